The SMILES string of the molecule is C=CCCCOC(=O)[C@H]1[C@@H]2SC3(CC2Br)C(C(=O)N(CC=C)c2c(C)cccc2C)N(CCCCO)C(=O)[C@H]13. The van der Waals surface area contributed by atoms with Gasteiger partial charge in [-0.1, -0.05) is 46.3 Å². The second-order valence-corrected chi connectivity index (χ2v) is 13.4. The Morgan fingerprint density at radius 2 is 1.95 bits per heavy atom. The van der Waals surface area contributed by atoms with Gasteiger partial charge in [-0.2, -0.15) is 0 Å². The van der Waals surface area contributed by atoms with Crippen LogP contribution in [0.5, 0.6) is 0 Å². The first kappa shape index (κ1) is 29.9. The summed E-state index contributed by atoms with van der Waals surface area (Å²) in [5.74, 6) is -1.91. The van der Waals surface area contributed by atoms with Gasteiger partial charge >= 0.3 is 5.97 Å². The van der Waals surface area contributed by atoms with Crippen molar-refractivity contribution in [3.8, 4) is 0 Å². The van der Waals surface area contributed by atoms with Gasteiger partial charge in [-0.3, -0.25) is 14.4 Å². The highest BCUT2D eigenvalue weighted by atomic mass is 79.9. The number of benzene rings is 1. The highest BCUT2D eigenvalue weighted by Crippen LogP contribution is 2.68. The van der Waals surface area contributed by atoms with Crippen LogP contribution in [0.4, 0.5) is 5.69 Å². The van der Waals surface area contributed by atoms with Gasteiger partial charge in [0.1, 0.15) is 6.04 Å². The summed E-state index contributed by atoms with van der Waals surface area (Å²) in [6, 6.07) is 5.19. The van der Waals surface area contributed by atoms with Gasteiger partial charge in [0.05, 0.1) is 23.2 Å². The number of rotatable bonds is 13. The minimum Gasteiger partial charge on any atom is -0.465 e. The second-order valence-electron chi connectivity index (χ2n) is 10.7. The summed E-state index contributed by atoms with van der Waals surface area (Å²) >= 11 is 5.41. The molecule has 0 saturated carbocycles. The number of unbranched alkanes of at least 4 members (excludes halogenated alkanes) is 2. The van der Waals surface area contributed by atoms with Crippen molar-refractivity contribution in [2.45, 2.75) is 66.8 Å². The van der Waals surface area contributed by atoms with E-state index in [9.17, 15) is 19.5 Å². The van der Waals surface area contributed by atoms with Crippen LogP contribution in [-0.2, 0) is 19.1 Å². The molecule has 3 heterocycles. The molecule has 212 valence electrons. The predicted molar refractivity (Wildman–Crippen MR) is 159 cm³/mol. The number of anilines is 1. The molecule has 3 saturated heterocycles. The quantitative estimate of drug-likeness (QED) is 0.151. The molecule has 1 spiro atoms. The number of hydrogen-bond donors (Lipinski definition) is 1. The number of carbonyl (C=O) groups is 3. The second kappa shape index (κ2) is 12.6. The molecule has 3 aliphatic heterocycles. The Morgan fingerprint density at radius 3 is 2.59 bits per heavy atom. The fraction of sp³-hybridized carbons (Fsp3) is 0.567. The average molecular weight is 620 g/mol. The van der Waals surface area contributed by atoms with Gasteiger partial charge in [0.25, 0.3) is 5.91 Å². The Bertz CT molecular complexity index is 1110. The van der Waals surface area contributed by atoms with Crippen LogP contribution in [0.25, 0.3) is 0 Å². The molecule has 0 aliphatic carbocycles. The van der Waals surface area contributed by atoms with E-state index in [2.05, 4.69) is 29.1 Å². The highest BCUT2D eigenvalue weighted by molar-refractivity contribution is 9.09. The lowest BCUT2D eigenvalue weighted by Gasteiger charge is -2.38. The minimum atomic E-state index is -0.743. The number of aliphatic hydroxyl groups excluding tert-OH is 1. The largest absolute Gasteiger partial charge is 0.465 e. The summed E-state index contributed by atoms with van der Waals surface area (Å²) in [6.45, 7) is 12.5. The van der Waals surface area contributed by atoms with E-state index in [0.717, 1.165) is 23.2 Å². The number of amides is 2. The zero-order valence-corrected chi connectivity index (χ0v) is 25.2. The first-order valence-electron chi connectivity index (χ1n) is 13.7. The number of carbonyl (C=O) groups excluding carboxylic acids is 3. The topological polar surface area (TPSA) is 87.2 Å². The van der Waals surface area contributed by atoms with Gasteiger partial charge in [0.2, 0.25) is 5.91 Å². The molecule has 6 atom stereocenters. The molecule has 2 amide bonds. The van der Waals surface area contributed by atoms with Crippen LogP contribution in [0.1, 0.15) is 43.2 Å². The number of halogens is 1. The normalized spacial score (nSPS) is 28.9. The Morgan fingerprint density at radius 1 is 1.23 bits per heavy atom. The number of thioether (sulfide) groups is 1. The van der Waals surface area contributed by atoms with E-state index in [4.69, 9.17) is 4.74 Å². The molecule has 1 N–H and O–H groups in total. The molecule has 9 heteroatoms. The molecule has 0 aromatic heterocycles. The number of aliphatic hydroxyl groups is 1. The average Bonchev–Trinajstić information content (AvgIpc) is 3.49. The molecule has 3 aliphatic rings. The standard InChI is InChI=1S/C30H39BrN2O5S/c1-5-7-10-17-38-29(37)22-23-27(35)33(15-8-9-16-34)26(30(23)18-21(31)25(22)39-30)28(36)32(14-6-2)24-19(3)12-11-13-20(24)4/h5-6,11-13,21-23,25-26,34H,1-2,7-10,14-18H2,3-4H3/t21?,22-,23+,25-,26?,30?/m1/s1. The van der Waals surface area contributed by atoms with Crippen molar-refractivity contribution in [2.75, 3.05) is 31.2 Å². The van der Waals surface area contributed by atoms with Gasteiger partial charge in [0.15, 0.2) is 0 Å². The van der Waals surface area contributed by atoms with E-state index >= 15 is 0 Å². The maximum absolute atomic E-state index is 14.7. The van der Waals surface area contributed by atoms with E-state index < -0.39 is 22.6 Å². The molecule has 3 fully saturated rings. The van der Waals surface area contributed by atoms with Crippen molar-refractivity contribution < 1.29 is 24.2 Å². The molecule has 7 nitrogen and oxygen atoms in total. The summed E-state index contributed by atoms with van der Waals surface area (Å²) in [4.78, 5) is 45.7. The smallest absolute Gasteiger partial charge is 0.310 e. The Labute approximate surface area is 244 Å². The third-order valence-electron chi connectivity index (χ3n) is 8.19. The van der Waals surface area contributed by atoms with Crippen molar-refractivity contribution in [3.63, 3.8) is 0 Å². The molecule has 0 radical (unpaired) electrons. The maximum Gasteiger partial charge on any atom is 0.310 e. The number of hydrogen-bond acceptors (Lipinski definition) is 6. The zero-order chi connectivity index (χ0) is 28.3. The van der Waals surface area contributed by atoms with Gasteiger partial charge in [0, 0.05) is 35.5 Å². The van der Waals surface area contributed by atoms with Crippen LogP contribution in [0.15, 0.2) is 43.5 Å². The molecule has 39 heavy (non-hydrogen) atoms. The van der Waals surface area contributed by atoms with Gasteiger partial charge in [-0.05, 0) is 57.1 Å². The number of allylic oxidation sites excluding steroid dienone is 1. The number of fused-ring (bicyclic) bond motifs is 1. The maximum atomic E-state index is 14.7. The van der Waals surface area contributed by atoms with Crippen molar-refractivity contribution in [3.05, 3.63) is 54.6 Å². The summed E-state index contributed by atoms with van der Waals surface area (Å²) in [7, 11) is 0. The Hall–Kier alpha value is -2.10. The van der Waals surface area contributed by atoms with E-state index in [1.807, 2.05) is 32.0 Å². The van der Waals surface area contributed by atoms with Gasteiger partial charge in [-0.15, -0.1) is 24.9 Å². The van der Waals surface area contributed by atoms with Crippen LogP contribution in [0.2, 0.25) is 0 Å². The molecule has 2 bridgehead atoms. The first-order chi connectivity index (χ1) is 18.7. The fourth-order valence-electron chi connectivity index (χ4n) is 6.61. The van der Waals surface area contributed by atoms with Crippen LogP contribution in [0, 0.1) is 25.7 Å². The zero-order valence-electron chi connectivity index (χ0n) is 22.8. The van der Waals surface area contributed by atoms with Crippen LogP contribution < -0.4 is 4.90 Å². The number of aryl methyl sites for hydroxylation is 2. The summed E-state index contributed by atoms with van der Waals surface area (Å²) in [6.07, 6.45) is 6.64. The molecule has 4 rings (SSSR count). The van der Waals surface area contributed by atoms with Crippen molar-refractivity contribution >= 4 is 51.2 Å². The summed E-state index contributed by atoms with van der Waals surface area (Å²) in [5, 5.41) is 9.27. The Balaban J connectivity index is 1.74. The van der Waals surface area contributed by atoms with E-state index in [1.54, 1.807) is 33.7 Å². The summed E-state index contributed by atoms with van der Waals surface area (Å²) < 4.78 is 4.92. The van der Waals surface area contributed by atoms with Gasteiger partial charge in [-0.25, -0.2) is 0 Å². The lowest BCUT2D eigenvalue weighted by atomic mass is 9.71. The van der Waals surface area contributed by atoms with Crippen molar-refractivity contribution in [1.29, 1.82) is 0 Å². The third kappa shape index (κ3) is 5.34. The number of likely N-dealkylation sites (tertiary alicyclic amines) is 1. The number of alkyl halides is 1. The first-order valence-corrected chi connectivity index (χ1v) is 15.5. The lowest BCUT2D eigenvalue weighted by molar-refractivity contribution is -0.154. The third-order valence-corrected chi connectivity index (χ3v) is 11.4. The van der Waals surface area contributed by atoms with Crippen LogP contribution >= 0.6 is 27.7 Å². The molecule has 1 aromatic rings. The molecule has 3 unspecified atom stereocenters. The summed E-state index contributed by atoms with van der Waals surface area (Å²) in [5.41, 5.74) is 2.77. The van der Waals surface area contributed by atoms with Gasteiger partial charge < -0.3 is 19.6 Å². The van der Waals surface area contributed by atoms with E-state index in [1.165, 1.54) is 0 Å². The van der Waals surface area contributed by atoms with Crippen molar-refractivity contribution in [2.24, 2.45) is 11.8 Å². The van der Waals surface area contributed by atoms with Crippen LogP contribution in [-0.4, -0.2) is 75.0 Å². The number of esters is 1. The monoisotopic (exact) mass is 618 g/mol. The predicted octanol–water partition coefficient (Wildman–Crippen LogP) is 4.57. The number of ether oxygens (including phenoxy) is 1. The van der Waals surface area contributed by atoms with E-state index in [-0.39, 0.29) is 41.1 Å². The van der Waals surface area contributed by atoms with Crippen molar-refractivity contribution in [1.82, 2.24) is 4.90 Å². The molecule has 1 aromatic carbocycles. The molecular weight excluding hydrogens is 580 g/mol. The molecular formula is C30H39BrN2O5S. The van der Waals surface area contributed by atoms with Crippen LogP contribution in [0.3, 0.4) is 0 Å². The highest BCUT2D eigenvalue weighted by Gasteiger charge is 2.76. The Kier molecular flexibility index (Phi) is 9.65. The fourth-order valence-corrected chi connectivity index (χ4v) is 10.2. The van der Waals surface area contributed by atoms with E-state index in [0.29, 0.717) is 38.8 Å². The minimum absolute atomic E-state index is 0.0141. The number of nitrogens with zero attached hydrogens (tertiary/aromatic N) is 2. The lowest BCUT2D eigenvalue weighted by Crippen LogP contribution is -2.56. The number of para-hydroxylation sites is 1.